The Bertz CT molecular complexity index is 3460. The highest BCUT2D eigenvalue weighted by Crippen LogP contribution is 2.53. The van der Waals surface area contributed by atoms with Crippen molar-refractivity contribution in [2.45, 2.75) is 19.3 Å². The van der Waals surface area contributed by atoms with E-state index >= 15 is 0 Å². The van der Waals surface area contributed by atoms with Gasteiger partial charge in [0.15, 0.2) is 0 Å². The molecule has 0 fully saturated rings. The van der Waals surface area contributed by atoms with Crippen molar-refractivity contribution < 1.29 is 4.74 Å². The number of hydrogen-bond acceptors (Lipinski definition) is 3. The normalized spacial score (nSPS) is 13.6. The van der Waals surface area contributed by atoms with Gasteiger partial charge in [0.05, 0.1) is 5.69 Å². The zero-order valence-corrected chi connectivity index (χ0v) is 36.2. The van der Waals surface area contributed by atoms with Crippen LogP contribution in [0.2, 0.25) is 0 Å². The number of hydrogen-bond donors (Lipinski definition) is 0. The van der Waals surface area contributed by atoms with E-state index in [1.807, 2.05) is 0 Å². The van der Waals surface area contributed by atoms with Crippen LogP contribution in [-0.4, -0.2) is 6.71 Å². The number of nitrogens with zero attached hydrogens (tertiary/aromatic N) is 2. The lowest BCUT2D eigenvalue weighted by Crippen LogP contribution is -2.59. The molecule has 2 aliphatic heterocycles. The van der Waals surface area contributed by atoms with Crippen molar-refractivity contribution in [3.8, 4) is 44.9 Å². The molecule has 0 atom stereocenters. The fraction of sp³-hybridized carbons (Fsp3) is 0.0492. The van der Waals surface area contributed by atoms with Crippen LogP contribution in [0.25, 0.3) is 44.2 Å². The Morgan fingerprint density at radius 1 is 0.446 bits per heavy atom. The summed E-state index contributed by atoms with van der Waals surface area (Å²) in [4.78, 5) is 4.85. The number of ether oxygens (including phenoxy) is 1. The second kappa shape index (κ2) is 14.5. The lowest BCUT2D eigenvalue weighted by Gasteiger charge is -2.42. The molecular weight excluding hydrogens is 787 g/mol. The summed E-state index contributed by atoms with van der Waals surface area (Å²) in [5.41, 5.74) is 20.1. The second-order valence-electron chi connectivity index (χ2n) is 18.0. The van der Waals surface area contributed by atoms with E-state index in [0.717, 1.165) is 39.9 Å². The maximum Gasteiger partial charge on any atom is 0.256 e. The molecule has 0 unspecified atom stereocenters. The van der Waals surface area contributed by atoms with E-state index in [1.165, 1.54) is 77.4 Å². The molecule has 3 aliphatic rings. The summed E-state index contributed by atoms with van der Waals surface area (Å²) in [5, 5.41) is 2.52. The van der Waals surface area contributed by atoms with Crippen molar-refractivity contribution in [3.05, 3.63) is 236 Å². The van der Waals surface area contributed by atoms with Crippen LogP contribution >= 0.6 is 0 Å². The Kier molecular flexibility index (Phi) is 8.35. The van der Waals surface area contributed by atoms with Crippen molar-refractivity contribution in [1.82, 2.24) is 0 Å². The predicted molar refractivity (Wildman–Crippen MR) is 273 cm³/mol. The van der Waals surface area contributed by atoms with E-state index < -0.39 is 0 Å². The largest absolute Gasteiger partial charge is 0.458 e. The van der Waals surface area contributed by atoms with Crippen LogP contribution in [0.4, 0.5) is 34.1 Å². The van der Waals surface area contributed by atoms with E-state index in [1.54, 1.807) is 0 Å². The van der Waals surface area contributed by atoms with E-state index in [9.17, 15) is 0 Å². The quantitative estimate of drug-likeness (QED) is 0.155. The SMILES string of the molecule is CC1(C)c2cc3c(cc2-c2ccc(N(c4ccccc4)c4ccccc4)c4cccc1c24)Oc1cccc2c1B3c1ccc(-c3ccccc3)cc1N2c1cccc(-c2ccccc2)c1. The molecule has 0 radical (unpaired) electrons. The average Bonchev–Trinajstić information content (AvgIpc) is 3.36. The maximum atomic E-state index is 7.17. The molecule has 0 saturated heterocycles. The average molecular weight is 831 g/mol. The van der Waals surface area contributed by atoms with Gasteiger partial charge in [-0.2, -0.15) is 0 Å². The number of fused-ring (bicyclic) bond motifs is 6. The lowest BCUT2D eigenvalue weighted by molar-refractivity contribution is 0.487. The first-order valence-electron chi connectivity index (χ1n) is 22.6. The molecule has 2 heterocycles. The van der Waals surface area contributed by atoms with E-state index in [0.29, 0.717) is 0 Å². The summed E-state index contributed by atoms with van der Waals surface area (Å²) in [5.74, 6) is 1.82. The summed E-state index contributed by atoms with van der Waals surface area (Å²) >= 11 is 0. The van der Waals surface area contributed by atoms with Crippen molar-refractivity contribution in [2.75, 3.05) is 9.80 Å². The van der Waals surface area contributed by atoms with Gasteiger partial charge in [0.1, 0.15) is 11.5 Å². The van der Waals surface area contributed by atoms with E-state index in [-0.39, 0.29) is 12.1 Å². The lowest BCUT2D eigenvalue weighted by atomic mass is 9.34. The van der Waals surface area contributed by atoms with Crippen LogP contribution in [0, 0.1) is 0 Å². The first-order valence-corrected chi connectivity index (χ1v) is 22.6. The summed E-state index contributed by atoms with van der Waals surface area (Å²) < 4.78 is 7.17. The number of anilines is 6. The number of benzene rings is 10. The van der Waals surface area contributed by atoms with Gasteiger partial charge in [-0.1, -0.05) is 172 Å². The van der Waals surface area contributed by atoms with Gasteiger partial charge in [-0.25, -0.2) is 0 Å². The highest BCUT2D eigenvalue weighted by molar-refractivity contribution is 6.99. The smallest absolute Gasteiger partial charge is 0.256 e. The predicted octanol–water partition coefficient (Wildman–Crippen LogP) is 14.4. The number of para-hydroxylation sites is 2. The standard InChI is InChI=1S/C61H43BN2O/c1-61(2)50-29-16-28-48-54(63(44-23-11-5-12-24-44)45-25-13-6-14-26-45)35-33-47(59(48)50)49-38-58-53(39-51(49)61)62-52-34-32-43(41-20-9-4-10-21-41)37-56(52)64(55-30-17-31-57(65-58)60(55)62)46-27-15-22-42(36-46)40-18-7-3-8-19-40/h3-39H,1-2H3. The molecular formula is C61H43BN2O. The van der Waals surface area contributed by atoms with Crippen molar-refractivity contribution in [1.29, 1.82) is 0 Å². The molecule has 13 rings (SSSR count). The Balaban J connectivity index is 1.01. The Morgan fingerprint density at radius 3 is 1.78 bits per heavy atom. The molecule has 0 bridgehead atoms. The summed E-state index contributed by atoms with van der Waals surface area (Å²) in [7, 11) is 0. The third-order valence-electron chi connectivity index (χ3n) is 14.1. The minimum atomic E-state index is -0.307. The van der Waals surface area contributed by atoms with Gasteiger partial charge in [-0.3, -0.25) is 0 Å². The van der Waals surface area contributed by atoms with Crippen molar-refractivity contribution in [3.63, 3.8) is 0 Å². The summed E-state index contributed by atoms with van der Waals surface area (Å²) in [6.45, 7) is 4.77. The first-order chi connectivity index (χ1) is 32.0. The molecule has 306 valence electrons. The summed E-state index contributed by atoms with van der Waals surface area (Å²) in [6, 6.07) is 81.9. The van der Waals surface area contributed by atoms with Crippen LogP contribution < -0.4 is 30.9 Å². The van der Waals surface area contributed by atoms with Crippen LogP contribution in [0.3, 0.4) is 0 Å². The Labute approximate surface area is 380 Å². The van der Waals surface area contributed by atoms with Crippen LogP contribution in [0.5, 0.6) is 11.5 Å². The topological polar surface area (TPSA) is 15.7 Å². The van der Waals surface area contributed by atoms with Gasteiger partial charge in [0.2, 0.25) is 0 Å². The van der Waals surface area contributed by atoms with Gasteiger partial charge >= 0.3 is 0 Å². The van der Waals surface area contributed by atoms with Crippen LogP contribution in [0.1, 0.15) is 25.0 Å². The molecule has 1 aliphatic carbocycles. The minimum Gasteiger partial charge on any atom is -0.458 e. The summed E-state index contributed by atoms with van der Waals surface area (Å²) in [6.07, 6.45) is 0. The minimum absolute atomic E-state index is 0.0377. The highest BCUT2D eigenvalue weighted by Gasteiger charge is 2.44. The molecule has 0 spiro atoms. The Morgan fingerprint density at radius 2 is 1.08 bits per heavy atom. The molecule has 3 nitrogen and oxygen atoms in total. The monoisotopic (exact) mass is 830 g/mol. The zero-order valence-electron chi connectivity index (χ0n) is 36.2. The van der Waals surface area contributed by atoms with Gasteiger partial charge in [-0.15, -0.1) is 0 Å². The molecule has 0 amide bonds. The molecule has 10 aromatic rings. The molecule has 10 aromatic carbocycles. The van der Waals surface area contributed by atoms with E-state index in [4.69, 9.17) is 4.74 Å². The molecule has 4 heteroatoms. The number of rotatable bonds is 6. The molecule has 0 N–H and O–H groups in total. The molecule has 0 saturated carbocycles. The second-order valence-corrected chi connectivity index (χ2v) is 18.0. The Hall–Kier alpha value is -8.08. The third kappa shape index (κ3) is 5.77. The first kappa shape index (κ1) is 37.5. The third-order valence-corrected chi connectivity index (χ3v) is 14.1. The van der Waals surface area contributed by atoms with Gasteiger partial charge in [-0.05, 0) is 133 Å². The van der Waals surface area contributed by atoms with Gasteiger partial charge in [0, 0.05) is 39.2 Å². The van der Waals surface area contributed by atoms with E-state index in [2.05, 4.69) is 248 Å². The molecule has 65 heavy (non-hydrogen) atoms. The van der Waals surface area contributed by atoms with Crippen molar-refractivity contribution >= 4 is 68.0 Å². The van der Waals surface area contributed by atoms with Gasteiger partial charge in [0.25, 0.3) is 6.71 Å². The fourth-order valence-corrected chi connectivity index (χ4v) is 11.1. The fourth-order valence-electron chi connectivity index (χ4n) is 11.1. The van der Waals surface area contributed by atoms with Crippen molar-refractivity contribution in [2.24, 2.45) is 0 Å². The van der Waals surface area contributed by atoms with Crippen LogP contribution in [0.15, 0.2) is 224 Å². The van der Waals surface area contributed by atoms with Crippen LogP contribution in [-0.2, 0) is 5.41 Å². The molecule has 0 aromatic heterocycles. The maximum absolute atomic E-state index is 7.17. The zero-order chi connectivity index (χ0) is 43.2. The van der Waals surface area contributed by atoms with Gasteiger partial charge < -0.3 is 14.5 Å². The highest BCUT2D eigenvalue weighted by atomic mass is 16.5.